The molecule has 1 saturated heterocycles. The van der Waals surface area contributed by atoms with Gasteiger partial charge < -0.3 is 10.6 Å². The van der Waals surface area contributed by atoms with Crippen LogP contribution in [0, 0.1) is 0 Å². The second-order valence-electron chi connectivity index (χ2n) is 6.21. The molecule has 4 amide bonds. The van der Waals surface area contributed by atoms with Gasteiger partial charge in [-0.2, -0.15) is 0 Å². The smallest absolute Gasteiger partial charge is 0.322 e. The summed E-state index contributed by atoms with van der Waals surface area (Å²) in [6.45, 7) is 6.55. The van der Waals surface area contributed by atoms with E-state index in [4.69, 9.17) is 0 Å². The van der Waals surface area contributed by atoms with Crippen LogP contribution in [0.4, 0.5) is 4.79 Å². The minimum atomic E-state index is -0.700. The largest absolute Gasteiger partial charge is 0.348 e. The van der Waals surface area contributed by atoms with Crippen molar-refractivity contribution < 1.29 is 14.4 Å². The molecular formula is C14H20N4O3S. The summed E-state index contributed by atoms with van der Waals surface area (Å²) in [7, 11) is 0. The number of hydrogen-bond acceptors (Lipinski definition) is 5. The molecule has 0 bridgehead atoms. The summed E-state index contributed by atoms with van der Waals surface area (Å²) in [5.74, 6) is -0.681. The molecule has 2 heterocycles. The predicted octanol–water partition coefficient (Wildman–Crippen LogP) is 1.04. The van der Waals surface area contributed by atoms with Gasteiger partial charge in [0, 0.05) is 17.2 Å². The Morgan fingerprint density at radius 3 is 2.82 bits per heavy atom. The van der Waals surface area contributed by atoms with Gasteiger partial charge in [-0.15, -0.1) is 11.3 Å². The van der Waals surface area contributed by atoms with Crippen LogP contribution in [-0.2, 0) is 21.5 Å². The third kappa shape index (κ3) is 4.27. The van der Waals surface area contributed by atoms with Crippen LogP contribution in [0.2, 0.25) is 0 Å². The van der Waals surface area contributed by atoms with Crippen molar-refractivity contribution >= 4 is 29.2 Å². The highest BCUT2D eigenvalue weighted by molar-refractivity contribution is 7.09. The number of hydrogen-bond donors (Lipinski definition) is 3. The molecule has 1 aliphatic rings. The van der Waals surface area contributed by atoms with Crippen molar-refractivity contribution in [2.75, 3.05) is 0 Å². The van der Waals surface area contributed by atoms with Crippen molar-refractivity contribution in [2.24, 2.45) is 0 Å². The number of nitrogens with one attached hydrogen (secondary N) is 3. The first-order valence-corrected chi connectivity index (χ1v) is 7.96. The van der Waals surface area contributed by atoms with E-state index in [1.54, 1.807) is 0 Å². The van der Waals surface area contributed by atoms with E-state index in [1.807, 2.05) is 5.38 Å². The van der Waals surface area contributed by atoms with Crippen LogP contribution in [0.15, 0.2) is 5.38 Å². The third-order valence-electron chi connectivity index (χ3n) is 3.27. The van der Waals surface area contributed by atoms with Gasteiger partial charge >= 0.3 is 6.03 Å². The maximum Gasteiger partial charge on any atom is 0.322 e. The van der Waals surface area contributed by atoms with Gasteiger partial charge in [-0.3, -0.25) is 14.9 Å². The van der Waals surface area contributed by atoms with Gasteiger partial charge in [-0.25, -0.2) is 9.78 Å². The maximum atomic E-state index is 12.1. The predicted molar refractivity (Wildman–Crippen MR) is 82.4 cm³/mol. The highest BCUT2D eigenvalue weighted by Crippen LogP contribution is 2.23. The zero-order valence-corrected chi connectivity index (χ0v) is 13.7. The Labute approximate surface area is 132 Å². The second kappa shape index (κ2) is 6.43. The number of rotatable bonds is 3. The van der Waals surface area contributed by atoms with E-state index in [2.05, 4.69) is 41.7 Å². The Balaban J connectivity index is 1.91. The molecule has 1 aromatic rings. The molecule has 22 heavy (non-hydrogen) atoms. The zero-order chi connectivity index (χ0) is 16.3. The number of thiazole rings is 1. The number of nitrogens with zero attached hydrogens (tertiary/aromatic N) is 1. The quantitative estimate of drug-likeness (QED) is 0.773. The fourth-order valence-electron chi connectivity index (χ4n) is 1.95. The standard InChI is InChI=1S/C14H20N4O3S/c1-14(2,3)9-7-22-11(17-9)6-15-12(20)8-4-5-10(19)18-13(21)16-8/h7-8H,4-6H2,1-3H3,(H,15,20)(H2,16,18,19,21)/t8-/m1/s1. The van der Waals surface area contributed by atoms with E-state index in [0.717, 1.165) is 10.7 Å². The summed E-state index contributed by atoms with van der Waals surface area (Å²) in [6, 6.07) is -1.33. The number of imide groups is 1. The third-order valence-corrected chi connectivity index (χ3v) is 4.12. The summed E-state index contributed by atoms with van der Waals surface area (Å²) in [5.41, 5.74) is 0.958. The molecule has 2 rings (SSSR count). The Bertz CT molecular complexity index is 591. The first-order chi connectivity index (χ1) is 10.3. The molecule has 8 heteroatoms. The van der Waals surface area contributed by atoms with Gasteiger partial charge in [-0.1, -0.05) is 20.8 Å². The number of amides is 4. The van der Waals surface area contributed by atoms with E-state index in [-0.39, 0.29) is 30.1 Å². The van der Waals surface area contributed by atoms with Crippen LogP contribution in [0.3, 0.4) is 0 Å². The minimum absolute atomic E-state index is 0.0277. The fraction of sp³-hybridized carbons (Fsp3) is 0.571. The Morgan fingerprint density at radius 1 is 1.45 bits per heavy atom. The molecule has 1 aromatic heterocycles. The van der Waals surface area contributed by atoms with Gasteiger partial charge in [0.2, 0.25) is 11.8 Å². The van der Waals surface area contributed by atoms with E-state index >= 15 is 0 Å². The molecule has 3 N–H and O–H groups in total. The Kier molecular flexibility index (Phi) is 4.80. The second-order valence-corrected chi connectivity index (χ2v) is 7.15. The number of urea groups is 1. The molecule has 0 unspecified atom stereocenters. The van der Waals surface area contributed by atoms with Crippen molar-refractivity contribution in [3.63, 3.8) is 0 Å². The molecule has 1 aliphatic heterocycles. The van der Waals surface area contributed by atoms with Gasteiger partial charge in [0.05, 0.1) is 12.2 Å². The van der Waals surface area contributed by atoms with Crippen LogP contribution in [0.5, 0.6) is 0 Å². The molecule has 0 saturated carbocycles. The topological polar surface area (TPSA) is 100 Å². The first-order valence-electron chi connectivity index (χ1n) is 7.08. The number of aromatic nitrogens is 1. The van der Waals surface area contributed by atoms with Crippen LogP contribution >= 0.6 is 11.3 Å². The van der Waals surface area contributed by atoms with E-state index < -0.39 is 12.1 Å². The van der Waals surface area contributed by atoms with Crippen LogP contribution < -0.4 is 16.0 Å². The van der Waals surface area contributed by atoms with Gasteiger partial charge in [0.15, 0.2) is 0 Å². The van der Waals surface area contributed by atoms with Gasteiger partial charge in [0.1, 0.15) is 11.0 Å². The van der Waals surface area contributed by atoms with Crippen molar-refractivity contribution in [1.29, 1.82) is 0 Å². The van der Waals surface area contributed by atoms with Crippen LogP contribution in [0.1, 0.15) is 44.3 Å². The van der Waals surface area contributed by atoms with E-state index in [1.165, 1.54) is 11.3 Å². The van der Waals surface area contributed by atoms with Crippen molar-refractivity contribution in [2.45, 2.75) is 51.6 Å². The molecule has 0 radical (unpaired) electrons. The van der Waals surface area contributed by atoms with Crippen molar-refractivity contribution in [1.82, 2.24) is 20.9 Å². The van der Waals surface area contributed by atoms with Crippen molar-refractivity contribution in [3.8, 4) is 0 Å². The van der Waals surface area contributed by atoms with E-state index in [0.29, 0.717) is 6.54 Å². The summed E-state index contributed by atoms with van der Waals surface area (Å²) in [4.78, 5) is 39.2. The Hall–Kier alpha value is -1.96. The van der Waals surface area contributed by atoms with Gasteiger partial charge in [0.25, 0.3) is 0 Å². The molecule has 0 spiro atoms. The lowest BCUT2D eigenvalue weighted by Crippen LogP contribution is -2.48. The zero-order valence-electron chi connectivity index (χ0n) is 12.9. The lowest BCUT2D eigenvalue weighted by atomic mass is 9.93. The molecular weight excluding hydrogens is 304 g/mol. The average Bonchev–Trinajstić information content (AvgIpc) is 2.82. The maximum absolute atomic E-state index is 12.1. The normalized spacial score (nSPS) is 19.1. The lowest BCUT2D eigenvalue weighted by Gasteiger charge is -2.15. The van der Waals surface area contributed by atoms with Crippen LogP contribution in [-0.4, -0.2) is 28.9 Å². The number of carbonyl (C=O) groups excluding carboxylic acids is 3. The van der Waals surface area contributed by atoms with Gasteiger partial charge in [-0.05, 0) is 6.42 Å². The highest BCUT2D eigenvalue weighted by Gasteiger charge is 2.26. The number of carbonyl (C=O) groups is 3. The summed E-state index contributed by atoms with van der Waals surface area (Å²) >= 11 is 1.49. The summed E-state index contributed by atoms with van der Waals surface area (Å²) in [6.07, 6.45) is 0.427. The highest BCUT2D eigenvalue weighted by atomic mass is 32.1. The Morgan fingerprint density at radius 2 is 2.18 bits per heavy atom. The molecule has 1 atom stereocenters. The molecule has 0 aromatic carbocycles. The monoisotopic (exact) mass is 324 g/mol. The van der Waals surface area contributed by atoms with Crippen LogP contribution in [0.25, 0.3) is 0 Å². The molecule has 120 valence electrons. The summed E-state index contributed by atoms with van der Waals surface area (Å²) in [5, 5.41) is 10.2. The summed E-state index contributed by atoms with van der Waals surface area (Å²) < 4.78 is 0. The van der Waals surface area contributed by atoms with E-state index in [9.17, 15) is 14.4 Å². The molecule has 0 aliphatic carbocycles. The first kappa shape index (κ1) is 16.4. The average molecular weight is 324 g/mol. The SMILES string of the molecule is CC(C)(C)c1csc(CNC(=O)[C@H]2CCC(=O)NC(=O)N2)n1. The van der Waals surface area contributed by atoms with Crippen molar-refractivity contribution in [3.05, 3.63) is 16.1 Å². The molecule has 1 fully saturated rings. The molecule has 7 nitrogen and oxygen atoms in total. The minimum Gasteiger partial charge on any atom is -0.348 e. The lowest BCUT2D eigenvalue weighted by molar-refractivity contribution is -0.123. The fourth-order valence-corrected chi connectivity index (χ4v) is 2.91.